The minimum absolute atomic E-state index is 0.299. The summed E-state index contributed by atoms with van der Waals surface area (Å²) in [7, 11) is -3.55. The van der Waals surface area contributed by atoms with E-state index in [1.54, 1.807) is 19.1 Å². The lowest BCUT2D eigenvalue weighted by Gasteiger charge is -2.18. The number of benzene rings is 1. The van der Waals surface area contributed by atoms with E-state index in [4.69, 9.17) is 11.0 Å². The topological polar surface area (TPSA) is 87.2 Å². The molecule has 96 valence electrons. The van der Waals surface area contributed by atoms with Gasteiger partial charge in [-0.2, -0.15) is 9.57 Å². The number of nitriles is 1. The molecule has 1 atom stereocenters. The second-order valence-electron chi connectivity index (χ2n) is 4.37. The fraction of sp³-hybridized carbons (Fsp3) is 0.417. The number of sulfonamides is 1. The van der Waals surface area contributed by atoms with Gasteiger partial charge in [0.25, 0.3) is 0 Å². The zero-order chi connectivity index (χ0) is 13.3. The molecule has 0 fully saturated rings. The lowest BCUT2D eigenvalue weighted by atomic mass is 10.1. The molecule has 18 heavy (non-hydrogen) atoms. The third-order valence-electron chi connectivity index (χ3n) is 3.16. The van der Waals surface area contributed by atoms with Gasteiger partial charge >= 0.3 is 0 Å². The van der Waals surface area contributed by atoms with Crippen molar-refractivity contribution in [2.75, 3.05) is 5.73 Å². The largest absolute Gasteiger partial charge is 0.399 e. The molecule has 1 aromatic rings. The molecule has 0 saturated heterocycles. The Bertz CT molecular complexity index is 604. The normalized spacial score (nSPS) is 17.1. The molecule has 0 radical (unpaired) electrons. The quantitative estimate of drug-likeness (QED) is 0.832. The molecule has 2 rings (SSSR count). The highest BCUT2D eigenvalue weighted by Crippen LogP contribution is 2.28. The molecule has 1 aromatic carbocycles. The maximum Gasteiger partial charge on any atom is 0.231 e. The summed E-state index contributed by atoms with van der Waals surface area (Å²) in [4.78, 5) is 0. The SMILES string of the molecule is CCC(C#N)S(=O)(=O)N1Cc2ccc(N)cc2C1. The van der Waals surface area contributed by atoms with Crippen LogP contribution in [0.3, 0.4) is 0 Å². The molecule has 6 heteroatoms. The summed E-state index contributed by atoms with van der Waals surface area (Å²) in [5, 5.41) is 7.94. The number of rotatable bonds is 3. The van der Waals surface area contributed by atoms with Gasteiger partial charge < -0.3 is 5.73 Å². The first-order chi connectivity index (χ1) is 8.48. The van der Waals surface area contributed by atoms with E-state index in [0.717, 1.165) is 11.1 Å². The van der Waals surface area contributed by atoms with Crippen molar-refractivity contribution in [2.45, 2.75) is 31.7 Å². The molecule has 5 nitrogen and oxygen atoms in total. The number of fused-ring (bicyclic) bond motifs is 1. The summed E-state index contributed by atoms with van der Waals surface area (Å²) in [6, 6.07) is 7.24. The van der Waals surface area contributed by atoms with E-state index in [2.05, 4.69) is 0 Å². The molecule has 1 unspecified atom stereocenters. The highest BCUT2D eigenvalue weighted by atomic mass is 32.2. The molecule has 0 amide bonds. The molecule has 0 saturated carbocycles. The zero-order valence-corrected chi connectivity index (χ0v) is 10.9. The second-order valence-corrected chi connectivity index (χ2v) is 6.48. The number of anilines is 1. The molecule has 1 aliphatic rings. The summed E-state index contributed by atoms with van der Waals surface area (Å²) in [5.74, 6) is 0. The van der Waals surface area contributed by atoms with Crippen molar-refractivity contribution in [3.63, 3.8) is 0 Å². The molecule has 0 aromatic heterocycles. The summed E-state index contributed by atoms with van der Waals surface area (Å²) >= 11 is 0. The minimum Gasteiger partial charge on any atom is -0.399 e. The van der Waals surface area contributed by atoms with Gasteiger partial charge in [0.05, 0.1) is 6.07 Å². The van der Waals surface area contributed by atoms with Crippen LogP contribution in [0, 0.1) is 11.3 Å². The molecule has 1 aliphatic heterocycles. The average molecular weight is 265 g/mol. The van der Waals surface area contributed by atoms with Crippen molar-refractivity contribution in [3.05, 3.63) is 29.3 Å². The maximum atomic E-state index is 12.2. The maximum absolute atomic E-state index is 12.2. The second kappa shape index (κ2) is 4.59. The van der Waals surface area contributed by atoms with Crippen LogP contribution in [-0.4, -0.2) is 18.0 Å². The Balaban J connectivity index is 2.29. The van der Waals surface area contributed by atoms with Crippen LogP contribution in [0.25, 0.3) is 0 Å². The van der Waals surface area contributed by atoms with E-state index >= 15 is 0 Å². The number of hydrogen-bond donors (Lipinski definition) is 1. The molecular formula is C12H15N3O2S. The molecule has 0 aliphatic carbocycles. The first-order valence-corrected chi connectivity index (χ1v) is 7.25. The summed E-state index contributed by atoms with van der Waals surface area (Å²) in [6.07, 6.45) is 0.299. The van der Waals surface area contributed by atoms with Crippen LogP contribution in [0.15, 0.2) is 18.2 Å². The van der Waals surface area contributed by atoms with E-state index in [1.165, 1.54) is 4.31 Å². The Morgan fingerprint density at radius 2 is 2.11 bits per heavy atom. The van der Waals surface area contributed by atoms with Gasteiger partial charge in [-0.3, -0.25) is 0 Å². The van der Waals surface area contributed by atoms with E-state index in [9.17, 15) is 8.42 Å². The Morgan fingerprint density at radius 1 is 1.44 bits per heavy atom. The Kier molecular flexibility index (Phi) is 3.28. The van der Waals surface area contributed by atoms with Gasteiger partial charge in [0.2, 0.25) is 10.0 Å². The van der Waals surface area contributed by atoms with Crippen molar-refractivity contribution < 1.29 is 8.42 Å². The molecule has 0 bridgehead atoms. The predicted molar refractivity (Wildman–Crippen MR) is 68.7 cm³/mol. The van der Waals surface area contributed by atoms with Crippen LogP contribution in [0.5, 0.6) is 0 Å². The third-order valence-corrected chi connectivity index (χ3v) is 5.29. The van der Waals surface area contributed by atoms with E-state index in [-0.39, 0.29) is 0 Å². The third kappa shape index (κ3) is 2.07. The number of hydrogen-bond acceptors (Lipinski definition) is 4. The highest BCUT2D eigenvalue weighted by molar-refractivity contribution is 7.89. The fourth-order valence-corrected chi connectivity index (χ4v) is 3.66. The van der Waals surface area contributed by atoms with Crippen molar-refractivity contribution in [3.8, 4) is 6.07 Å². The number of nitrogens with zero attached hydrogens (tertiary/aromatic N) is 2. The Morgan fingerprint density at radius 3 is 2.72 bits per heavy atom. The van der Waals surface area contributed by atoms with Crippen LogP contribution < -0.4 is 5.73 Å². The van der Waals surface area contributed by atoms with Crippen molar-refractivity contribution >= 4 is 15.7 Å². The van der Waals surface area contributed by atoms with Crippen molar-refractivity contribution in [1.82, 2.24) is 4.31 Å². The van der Waals surface area contributed by atoms with Crippen LogP contribution in [0.2, 0.25) is 0 Å². The smallest absolute Gasteiger partial charge is 0.231 e. The summed E-state index contributed by atoms with van der Waals surface area (Å²) < 4.78 is 25.8. The van der Waals surface area contributed by atoms with E-state index in [0.29, 0.717) is 25.2 Å². The molecule has 2 N–H and O–H groups in total. The lowest BCUT2D eigenvalue weighted by Crippen LogP contribution is -2.34. The monoisotopic (exact) mass is 265 g/mol. The molecular weight excluding hydrogens is 250 g/mol. The summed E-state index contributed by atoms with van der Waals surface area (Å²) in [5.41, 5.74) is 8.18. The van der Waals surface area contributed by atoms with Gasteiger partial charge in [-0.25, -0.2) is 8.42 Å². The minimum atomic E-state index is -3.55. The summed E-state index contributed by atoms with van der Waals surface area (Å²) in [6.45, 7) is 2.34. The average Bonchev–Trinajstić information content (AvgIpc) is 2.73. The number of nitrogens with two attached hydrogens (primary N) is 1. The highest BCUT2D eigenvalue weighted by Gasteiger charge is 2.34. The Labute approximate surface area is 107 Å². The van der Waals surface area contributed by atoms with Crippen LogP contribution in [0.4, 0.5) is 5.69 Å². The van der Waals surface area contributed by atoms with E-state index in [1.807, 2.05) is 12.1 Å². The number of nitrogen functional groups attached to an aromatic ring is 1. The van der Waals surface area contributed by atoms with Crippen molar-refractivity contribution in [2.24, 2.45) is 0 Å². The van der Waals surface area contributed by atoms with Gasteiger partial charge in [0, 0.05) is 18.8 Å². The predicted octanol–water partition coefficient (Wildman–Crippen LogP) is 1.22. The van der Waals surface area contributed by atoms with Gasteiger partial charge in [-0.15, -0.1) is 0 Å². The van der Waals surface area contributed by atoms with Crippen molar-refractivity contribution in [1.29, 1.82) is 5.26 Å². The van der Waals surface area contributed by atoms with Crippen LogP contribution in [0.1, 0.15) is 24.5 Å². The molecule has 1 heterocycles. The first kappa shape index (κ1) is 12.9. The standard InChI is InChI=1S/C12H15N3O2S/c1-2-12(6-13)18(16,17)15-7-9-3-4-11(14)5-10(9)8-15/h3-5,12H,2,7-8,14H2,1H3. The first-order valence-electron chi connectivity index (χ1n) is 5.75. The molecule has 0 spiro atoms. The zero-order valence-electron chi connectivity index (χ0n) is 10.1. The Hall–Kier alpha value is -1.58. The van der Waals surface area contributed by atoms with Gasteiger partial charge in [0.15, 0.2) is 5.25 Å². The van der Waals surface area contributed by atoms with E-state index < -0.39 is 15.3 Å². The van der Waals surface area contributed by atoms with Gasteiger partial charge in [-0.1, -0.05) is 13.0 Å². The lowest BCUT2D eigenvalue weighted by molar-refractivity contribution is 0.426. The van der Waals surface area contributed by atoms with Crippen LogP contribution >= 0.6 is 0 Å². The van der Waals surface area contributed by atoms with Gasteiger partial charge in [0.1, 0.15) is 0 Å². The van der Waals surface area contributed by atoms with Crippen LogP contribution in [-0.2, 0) is 23.1 Å². The fourth-order valence-electron chi connectivity index (χ4n) is 2.11. The van der Waals surface area contributed by atoms with Gasteiger partial charge in [-0.05, 0) is 29.7 Å².